The van der Waals surface area contributed by atoms with Crippen LogP contribution in [0, 0.1) is 6.92 Å². The monoisotopic (exact) mass is 433 g/mol. The summed E-state index contributed by atoms with van der Waals surface area (Å²) >= 11 is 11.9. The standard InChI is InChI=1S/C20H17Cl2N3O4/c1-12-15(22)3-2-4-16(12)23-17(26)11-28-19(27)10-9-18-24-20(25-29-18)13-5-7-14(21)8-6-13/h2-8H,9-11H2,1H3,(H,23,26). The number of ether oxygens (including phenoxy) is 1. The summed E-state index contributed by atoms with van der Waals surface area (Å²) < 4.78 is 10.1. The molecule has 1 aromatic heterocycles. The fourth-order valence-corrected chi connectivity index (χ4v) is 2.73. The van der Waals surface area contributed by atoms with Crippen molar-refractivity contribution in [3.63, 3.8) is 0 Å². The van der Waals surface area contributed by atoms with Gasteiger partial charge < -0.3 is 14.6 Å². The van der Waals surface area contributed by atoms with Gasteiger partial charge in [0.05, 0.1) is 6.42 Å². The average molecular weight is 434 g/mol. The topological polar surface area (TPSA) is 94.3 Å². The summed E-state index contributed by atoms with van der Waals surface area (Å²) in [4.78, 5) is 28.1. The number of hydrogen-bond acceptors (Lipinski definition) is 6. The van der Waals surface area contributed by atoms with E-state index in [2.05, 4.69) is 15.5 Å². The maximum atomic E-state index is 12.0. The SMILES string of the molecule is Cc1c(Cl)cccc1NC(=O)COC(=O)CCc1nc(-c2ccc(Cl)cc2)no1. The summed E-state index contributed by atoms with van der Waals surface area (Å²) in [5, 5.41) is 7.67. The predicted molar refractivity (Wildman–Crippen MR) is 109 cm³/mol. The van der Waals surface area contributed by atoms with Crippen LogP contribution in [-0.2, 0) is 20.7 Å². The molecule has 0 saturated heterocycles. The van der Waals surface area contributed by atoms with Crippen molar-refractivity contribution in [2.75, 3.05) is 11.9 Å². The van der Waals surface area contributed by atoms with Gasteiger partial charge in [0.25, 0.3) is 5.91 Å². The minimum absolute atomic E-state index is 0.00568. The maximum Gasteiger partial charge on any atom is 0.306 e. The highest BCUT2D eigenvalue weighted by Crippen LogP contribution is 2.23. The number of carbonyl (C=O) groups is 2. The van der Waals surface area contributed by atoms with Gasteiger partial charge in [0.2, 0.25) is 11.7 Å². The van der Waals surface area contributed by atoms with Gasteiger partial charge >= 0.3 is 5.97 Å². The number of nitrogens with zero attached hydrogens (tertiary/aromatic N) is 2. The lowest BCUT2D eigenvalue weighted by atomic mass is 10.2. The number of anilines is 1. The van der Waals surface area contributed by atoms with E-state index >= 15 is 0 Å². The second kappa shape index (κ2) is 9.54. The molecule has 0 aliphatic rings. The fraction of sp³-hybridized carbons (Fsp3) is 0.200. The molecule has 0 aliphatic heterocycles. The Balaban J connectivity index is 1.45. The lowest BCUT2D eigenvalue weighted by Gasteiger charge is -2.09. The van der Waals surface area contributed by atoms with E-state index in [-0.39, 0.29) is 12.8 Å². The maximum absolute atomic E-state index is 12.0. The molecule has 0 radical (unpaired) electrons. The summed E-state index contributed by atoms with van der Waals surface area (Å²) in [6.45, 7) is 1.39. The quantitative estimate of drug-likeness (QED) is 0.552. The van der Waals surface area contributed by atoms with Gasteiger partial charge in [-0.3, -0.25) is 9.59 Å². The van der Waals surface area contributed by atoms with E-state index < -0.39 is 18.5 Å². The zero-order valence-electron chi connectivity index (χ0n) is 15.4. The molecule has 0 atom stereocenters. The number of rotatable bonds is 7. The number of halogens is 2. The normalized spacial score (nSPS) is 10.6. The van der Waals surface area contributed by atoms with Crippen LogP contribution >= 0.6 is 23.2 Å². The van der Waals surface area contributed by atoms with E-state index in [9.17, 15) is 9.59 Å². The van der Waals surface area contributed by atoms with Gasteiger partial charge in [-0.15, -0.1) is 0 Å². The summed E-state index contributed by atoms with van der Waals surface area (Å²) in [6.07, 6.45) is 0.208. The van der Waals surface area contributed by atoms with E-state index in [4.69, 9.17) is 32.5 Å². The van der Waals surface area contributed by atoms with E-state index in [1.165, 1.54) is 0 Å². The van der Waals surface area contributed by atoms with Gasteiger partial charge in [0, 0.05) is 27.7 Å². The predicted octanol–water partition coefficient (Wildman–Crippen LogP) is 4.47. The summed E-state index contributed by atoms with van der Waals surface area (Å²) in [6, 6.07) is 12.1. The summed E-state index contributed by atoms with van der Waals surface area (Å²) in [5.74, 6) is -0.298. The zero-order chi connectivity index (χ0) is 20.8. The third-order valence-electron chi connectivity index (χ3n) is 4.02. The molecule has 0 fully saturated rings. The molecular weight excluding hydrogens is 417 g/mol. The van der Waals surface area contributed by atoms with Crippen LogP contribution in [0.1, 0.15) is 17.9 Å². The molecule has 7 nitrogen and oxygen atoms in total. The molecule has 0 bridgehead atoms. The number of benzene rings is 2. The van der Waals surface area contributed by atoms with Crippen LogP contribution in [0.25, 0.3) is 11.4 Å². The summed E-state index contributed by atoms with van der Waals surface area (Å²) in [7, 11) is 0. The van der Waals surface area contributed by atoms with Gasteiger partial charge in [-0.25, -0.2) is 0 Å². The molecule has 0 saturated carbocycles. The molecule has 150 valence electrons. The highest BCUT2D eigenvalue weighted by Gasteiger charge is 2.13. The second-order valence-electron chi connectivity index (χ2n) is 6.14. The Bertz CT molecular complexity index is 1020. The van der Waals surface area contributed by atoms with Gasteiger partial charge in [0.1, 0.15) is 0 Å². The second-order valence-corrected chi connectivity index (χ2v) is 6.98. The van der Waals surface area contributed by atoms with Crippen molar-refractivity contribution in [1.29, 1.82) is 0 Å². The Morgan fingerprint density at radius 1 is 1.14 bits per heavy atom. The Hall–Kier alpha value is -2.90. The number of nitrogens with one attached hydrogen (secondary N) is 1. The number of esters is 1. The average Bonchev–Trinajstić information content (AvgIpc) is 3.18. The molecule has 1 heterocycles. The lowest BCUT2D eigenvalue weighted by molar-refractivity contribution is -0.147. The molecule has 0 spiro atoms. The molecule has 1 amide bonds. The van der Waals surface area contributed by atoms with Crippen LogP contribution in [-0.4, -0.2) is 28.6 Å². The molecule has 2 aromatic carbocycles. The third-order valence-corrected chi connectivity index (χ3v) is 4.68. The number of aromatic nitrogens is 2. The number of aryl methyl sites for hydroxylation is 1. The molecule has 0 unspecified atom stereocenters. The van der Waals surface area contributed by atoms with Gasteiger partial charge in [-0.05, 0) is 48.9 Å². The van der Waals surface area contributed by atoms with E-state index in [0.29, 0.717) is 27.4 Å². The Morgan fingerprint density at radius 2 is 1.90 bits per heavy atom. The minimum Gasteiger partial charge on any atom is -0.456 e. The number of carbonyl (C=O) groups excluding carboxylic acids is 2. The minimum atomic E-state index is -0.547. The summed E-state index contributed by atoms with van der Waals surface area (Å²) in [5.41, 5.74) is 2.06. The van der Waals surface area contributed by atoms with Crippen LogP contribution in [0.3, 0.4) is 0 Å². The van der Waals surface area contributed by atoms with Crippen LogP contribution in [0.2, 0.25) is 10.0 Å². The number of amides is 1. The molecule has 1 N–H and O–H groups in total. The van der Waals surface area contributed by atoms with Crippen molar-refractivity contribution in [2.24, 2.45) is 0 Å². The molecule has 29 heavy (non-hydrogen) atoms. The molecule has 9 heteroatoms. The van der Waals surface area contributed by atoms with E-state index in [1.807, 2.05) is 0 Å². The van der Waals surface area contributed by atoms with E-state index in [0.717, 1.165) is 11.1 Å². The highest BCUT2D eigenvalue weighted by molar-refractivity contribution is 6.31. The Morgan fingerprint density at radius 3 is 2.66 bits per heavy atom. The fourth-order valence-electron chi connectivity index (χ4n) is 2.43. The van der Waals surface area contributed by atoms with E-state index in [1.54, 1.807) is 49.4 Å². The largest absolute Gasteiger partial charge is 0.456 e. The van der Waals surface area contributed by atoms with Crippen LogP contribution in [0.4, 0.5) is 5.69 Å². The smallest absolute Gasteiger partial charge is 0.306 e. The molecular formula is C20H17Cl2N3O4. The van der Waals surface area contributed by atoms with Crippen molar-refractivity contribution in [1.82, 2.24) is 10.1 Å². The molecule has 3 aromatic rings. The van der Waals surface area contributed by atoms with Crippen molar-refractivity contribution in [2.45, 2.75) is 19.8 Å². The van der Waals surface area contributed by atoms with Crippen molar-refractivity contribution in [3.8, 4) is 11.4 Å². The third kappa shape index (κ3) is 5.79. The highest BCUT2D eigenvalue weighted by atomic mass is 35.5. The Labute approximate surface area is 177 Å². The van der Waals surface area contributed by atoms with Gasteiger partial charge in [-0.2, -0.15) is 4.98 Å². The van der Waals surface area contributed by atoms with Crippen molar-refractivity contribution in [3.05, 3.63) is 64.0 Å². The lowest BCUT2D eigenvalue weighted by Crippen LogP contribution is -2.21. The molecule has 0 aliphatic carbocycles. The van der Waals surface area contributed by atoms with Crippen molar-refractivity contribution >= 4 is 40.8 Å². The molecule has 3 rings (SSSR count). The van der Waals surface area contributed by atoms with Crippen LogP contribution < -0.4 is 5.32 Å². The van der Waals surface area contributed by atoms with Crippen LogP contribution in [0.15, 0.2) is 47.0 Å². The number of hydrogen-bond donors (Lipinski definition) is 1. The first-order valence-corrected chi connectivity index (χ1v) is 9.47. The Kier molecular flexibility index (Phi) is 6.85. The first-order chi connectivity index (χ1) is 13.9. The van der Waals surface area contributed by atoms with Gasteiger partial charge in [0.15, 0.2) is 6.61 Å². The first-order valence-electron chi connectivity index (χ1n) is 8.71. The van der Waals surface area contributed by atoms with Gasteiger partial charge in [-0.1, -0.05) is 34.4 Å². The van der Waals surface area contributed by atoms with Crippen LogP contribution in [0.5, 0.6) is 0 Å². The first kappa shape index (κ1) is 20.8. The van der Waals surface area contributed by atoms with Crippen molar-refractivity contribution < 1.29 is 18.8 Å². The zero-order valence-corrected chi connectivity index (χ0v) is 17.0.